The lowest BCUT2D eigenvalue weighted by atomic mass is 9.87. The third-order valence-corrected chi connectivity index (χ3v) is 5.17. The molecule has 27 heavy (non-hydrogen) atoms. The Bertz CT molecular complexity index is 726. The number of piperazine rings is 1. The molecule has 0 aromatic heterocycles. The number of anilines is 2. The minimum atomic E-state index is 0.163. The van der Waals surface area contributed by atoms with Gasteiger partial charge >= 0.3 is 0 Å². The van der Waals surface area contributed by atoms with Crippen LogP contribution >= 0.6 is 0 Å². The maximum absolute atomic E-state index is 12.5. The minimum absolute atomic E-state index is 0.163. The molecule has 1 fully saturated rings. The van der Waals surface area contributed by atoms with Crippen LogP contribution in [0.4, 0.5) is 11.4 Å². The summed E-state index contributed by atoms with van der Waals surface area (Å²) in [5.41, 5.74) is 3.80. The lowest BCUT2D eigenvalue weighted by Crippen LogP contribution is -2.49. The second-order valence-electron chi connectivity index (χ2n) is 8.21. The lowest BCUT2D eigenvalue weighted by Gasteiger charge is -2.36. The number of para-hydroxylation sites is 1. The highest BCUT2D eigenvalue weighted by molar-refractivity contribution is 5.77. The Labute approximate surface area is 163 Å². The Balaban J connectivity index is 1.41. The van der Waals surface area contributed by atoms with Crippen LogP contribution in [0.25, 0.3) is 0 Å². The van der Waals surface area contributed by atoms with Gasteiger partial charge in [-0.1, -0.05) is 51.1 Å². The summed E-state index contributed by atoms with van der Waals surface area (Å²) in [4.78, 5) is 16.8. The molecule has 0 spiro atoms. The Morgan fingerprint density at radius 1 is 0.926 bits per heavy atom. The molecule has 1 aliphatic rings. The molecule has 0 saturated carbocycles. The van der Waals surface area contributed by atoms with E-state index in [4.69, 9.17) is 0 Å². The zero-order valence-electron chi connectivity index (χ0n) is 16.7. The van der Waals surface area contributed by atoms with Crippen LogP contribution in [0.3, 0.4) is 0 Å². The van der Waals surface area contributed by atoms with Crippen molar-refractivity contribution in [2.75, 3.05) is 42.9 Å². The normalized spacial score (nSPS) is 14.9. The van der Waals surface area contributed by atoms with Gasteiger partial charge in [0.1, 0.15) is 0 Å². The molecule has 2 aromatic rings. The molecule has 1 N–H and O–H groups in total. The summed E-state index contributed by atoms with van der Waals surface area (Å²) >= 11 is 0. The van der Waals surface area contributed by atoms with Crippen molar-refractivity contribution in [3.8, 4) is 0 Å². The van der Waals surface area contributed by atoms with Gasteiger partial charge in [-0.2, -0.15) is 0 Å². The average Bonchev–Trinajstić information content (AvgIpc) is 2.68. The Kier molecular flexibility index (Phi) is 6.04. The van der Waals surface area contributed by atoms with E-state index in [2.05, 4.69) is 79.5 Å². The molecule has 1 amide bonds. The SMILES string of the molecule is CC(C)(C)c1ccc(NCCC(=O)N2CCN(c3ccccc3)CC2)cc1. The molecule has 4 nitrogen and oxygen atoms in total. The number of hydrogen-bond acceptors (Lipinski definition) is 3. The van der Waals surface area contributed by atoms with Gasteiger partial charge in [0.25, 0.3) is 0 Å². The molecule has 3 rings (SSSR count). The first-order valence-corrected chi connectivity index (χ1v) is 9.86. The van der Waals surface area contributed by atoms with E-state index in [9.17, 15) is 4.79 Å². The number of benzene rings is 2. The molecule has 1 saturated heterocycles. The van der Waals surface area contributed by atoms with Gasteiger partial charge in [0.05, 0.1) is 0 Å². The summed E-state index contributed by atoms with van der Waals surface area (Å²) in [7, 11) is 0. The number of hydrogen-bond donors (Lipinski definition) is 1. The summed E-state index contributed by atoms with van der Waals surface area (Å²) < 4.78 is 0. The van der Waals surface area contributed by atoms with Crippen molar-refractivity contribution >= 4 is 17.3 Å². The molecule has 0 unspecified atom stereocenters. The van der Waals surface area contributed by atoms with Gasteiger partial charge in [-0.15, -0.1) is 0 Å². The van der Waals surface area contributed by atoms with Crippen molar-refractivity contribution in [2.45, 2.75) is 32.6 Å². The number of nitrogens with one attached hydrogen (secondary N) is 1. The van der Waals surface area contributed by atoms with Crippen LogP contribution in [0, 0.1) is 0 Å². The van der Waals surface area contributed by atoms with Crippen LogP contribution in [0.15, 0.2) is 54.6 Å². The molecule has 2 aromatic carbocycles. The van der Waals surface area contributed by atoms with Crippen LogP contribution in [-0.2, 0) is 10.2 Å². The average molecular weight is 366 g/mol. The second-order valence-corrected chi connectivity index (χ2v) is 8.21. The van der Waals surface area contributed by atoms with Crippen molar-refractivity contribution in [1.29, 1.82) is 0 Å². The highest BCUT2D eigenvalue weighted by atomic mass is 16.2. The van der Waals surface area contributed by atoms with Gasteiger partial charge in [0.15, 0.2) is 0 Å². The summed E-state index contributed by atoms with van der Waals surface area (Å²) in [6.45, 7) is 10.7. The van der Waals surface area contributed by atoms with E-state index in [-0.39, 0.29) is 11.3 Å². The summed E-state index contributed by atoms with van der Waals surface area (Å²) in [5, 5.41) is 3.37. The zero-order chi connectivity index (χ0) is 19.3. The molecule has 1 aliphatic heterocycles. The zero-order valence-corrected chi connectivity index (χ0v) is 16.7. The van der Waals surface area contributed by atoms with Gasteiger partial charge in [-0.05, 0) is 35.2 Å². The van der Waals surface area contributed by atoms with Gasteiger partial charge in [0, 0.05) is 50.5 Å². The van der Waals surface area contributed by atoms with Gasteiger partial charge < -0.3 is 15.1 Å². The van der Waals surface area contributed by atoms with E-state index >= 15 is 0 Å². The molecule has 1 heterocycles. The number of carbonyl (C=O) groups excluding carboxylic acids is 1. The van der Waals surface area contributed by atoms with Crippen LogP contribution < -0.4 is 10.2 Å². The molecule has 0 bridgehead atoms. The third-order valence-electron chi connectivity index (χ3n) is 5.17. The quantitative estimate of drug-likeness (QED) is 0.865. The van der Waals surface area contributed by atoms with Crippen molar-refractivity contribution < 1.29 is 4.79 Å². The summed E-state index contributed by atoms with van der Waals surface area (Å²) in [6, 6.07) is 18.9. The summed E-state index contributed by atoms with van der Waals surface area (Å²) in [5.74, 6) is 0.238. The molecular formula is C23H31N3O. The number of amides is 1. The number of nitrogens with zero attached hydrogens (tertiary/aromatic N) is 2. The fraction of sp³-hybridized carbons (Fsp3) is 0.435. The maximum atomic E-state index is 12.5. The van der Waals surface area contributed by atoms with E-state index in [1.165, 1.54) is 11.3 Å². The standard InChI is InChI=1S/C23H31N3O/c1-23(2,3)19-9-11-20(12-10-19)24-14-13-22(27)26-17-15-25(16-18-26)21-7-5-4-6-8-21/h4-12,24H,13-18H2,1-3H3. The maximum Gasteiger partial charge on any atom is 0.224 e. The fourth-order valence-corrected chi connectivity index (χ4v) is 3.41. The van der Waals surface area contributed by atoms with Crippen LogP contribution in [0.2, 0.25) is 0 Å². The highest BCUT2D eigenvalue weighted by Gasteiger charge is 2.20. The first kappa shape index (κ1) is 19.3. The number of rotatable bonds is 5. The minimum Gasteiger partial charge on any atom is -0.385 e. The third kappa shape index (κ3) is 5.25. The highest BCUT2D eigenvalue weighted by Crippen LogP contribution is 2.23. The lowest BCUT2D eigenvalue weighted by molar-refractivity contribution is -0.131. The largest absolute Gasteiger partial charge is 0.385 e. The molecule has 4 heteroatoms. The topological polar surface area (TPSA) is 35.6 Å². The second kappa shape index (κ2) is 8.47. The van der Waals surface area contributed by atoms with E-state index < -0.39 is 0 Å². The van der Waals surface area contributed by atoms with E-state index in [0.29, 0.717) is 13.0 Å². The molecule has 144 valence electrons. The predicted octanol–water partition coefficient (Wildman–Crippen LogP) is 4.13. The smallest absolute Gasteiger partial charge is 0.224 e. The Morgan fingerprint density at radius 2 is 1.56 bits per heavy atom. The molecular weight excluding hydrogens is 334 g/mol. The van der Waals surface area contributed by atoms with Crippen molar-refractivity contribution in [3.63, 3.8) is 0 Å². The van der Waals surface area contributed by atoms with E-state index in [1.807, 2.05) is 11.0 Å². The van der Waals surface area contributed by atoms with E-state index in [1.54, 1.807) is 0 Å². The number of carbonyl (C=O) groups is 1. The summed E-state index contributed by atoms with van der Waals surface area (Å²) in [6.07, 6.45) is 0.534. The van der Waals surface area contributed by atoms with Gasteiger partial charge in [-0.25, -0.2) is 0 Å². The first-order chi connectivity index (χ1) is 12.9. The van der Waals surface area contributed by atoms with Crippen LogP contribution in [0.5, 0.6) is 0 Å². The molecule has 0 aliphatic carbocycles. The Hall–Kier alpha value is -2.49. The van der Waals surface area contributed by atoms with Gasteiger partial charge in [-0.3, -0.25) is 4.79 Å². The monoisotopic (exact) mass is 365 g/mol. The fourth-order valence-electron chi connectivity index (χ4n) is 3.41. The van der Waals surface area contributed by atoms with Gasteiger partial charge in [0.2, 0.25) is 5.91 Å². The first-order valence-electron chi connectivity index (χ1n) is 9.86. The predicted molar refractivity (Wildman–Crippen MR) is 113 cm³/mol. The van der Waals surface area contributed by atoms with Crippen molar-refractivity contribution in [1.82, 2.24) is 4.90 Å². The van der Waals surface area contributed by atoms with Crippen molar-refractivity contribution in [3.05, 3.63) is 60.2 Å². The van der Waals surface area contributed by atoms with Crippen LogP contribution in [-0.4, -0.2) is 43.5 Å². The molecule has 0 radical (unpaired) electrons. The molecule has 0 atom stereocenters. The Morgan fingerprint density at radius 3 is 2.15 bits per heavy atom. The van der Waals surface area contributed by atoms with Crippen LogP contribution in [0.1, 0.15) is 32.8 Å². The van der Waals surface area contributed by atoms with E-state index in [0.717, 1.165) is 31.9 Å². The van der Waals surface area contributed by atoms with Crippen molar-refractivity contribution in [2.24, 2.45) is 0 Å².